The molecule has 90 valence electrons. The Labute approximate surface area is 101 Å². The second-order valence-corrected chi connectivity index (χ2v) is 4.59. The Kier molecular flexibility index (Phi) is 6.14. The largest absolute Gasteiger partial charge is 0.205 e. The Morgan fingerprint density at radius 3 is 2.25 bits per heavy atom. The Balaban J connectivity index is 2.79. The zero-order valence-electron chi connectivity index (χ0n) is 11.1. The van der Waals surface area contributed by atoms with Gasteiger partial charge in [-0.1, -0.05) is 40.0 Å². The van der Waals surface area contributed by atoms with Crippen molar-refractivity contribution in [3.63, 3.8) is 0 Å². The van der Waals surface area contributed by atoms with Crippen molar-refractivity contribution < 1.29 is 4.57 Å². The molecule has 0 spiro atoms. The summed E-state index contributed by atoms with van der Waals surface area (Å²) in [6, 6.07) is 2.32. The summed E-state index contributed by atoms with van der Waals surface area (Å²) >= 11 is 0. The van der Waals surface area contributed by atoms with Crippen LogP contribution in [0.5, 0.6) is 0 Å². The number of aromatic nitrogens is 1. The van der Waals surface area contributed by atoms with Crippen LogP contribution in [-0.4, -0.2) is 0 Å². The van der Waals surface area contributed by atoms with E-state index in [-0.39, 0.29) is 0 Å². The maximum absolute atomic E-state index is 2.37. The Morgan fingerprint density at radius 1 is 0.938 bits per heavy atom. The highest BCUT2D eigenvalue weighted by Gasteiger charge is 2.07. The lowest BCUT2D eigenvalue weighted by Gasteiger charge is -2.06. The third kappa shape index (κ3) is 3.96. The average molecular weight is 220 g/mol. The molecule has 0 aliphatic carbocycles. The van der Waals surface area contributed by atoms with Crippen LogP contribution in [0.25, 0.3) is 0 Å². The van der Waals surface area contributed by atoms with Crippen LogP contribution in [0.1, 0.15) is 57.6 Å². The molecular formula is C15H26N+. The molecule has 1 aromatic rings. The van der Waals surface area contributed by atoms with E-state index in [1.54, 1.807) is 11.1 Å². The van der Waals surface area contributed by atoms with Gasteiger partial charge in [0, 0.05) is 18.1 Å². The number of nitrogens with zero attached hydrogens (tertiary/aromatic N) is 1. The molecule has 0 bridgehead atoms. The minimum Gasteiger partial charge on any atom is -0.205 e. The number of rotatable bonds is 7. The normalized spacial score (nSPS) is 10.7. The van der Waals surface area contributed by atoms with Gasteiger partial charge in [-0.05, 0) is 18.4 Å². The summed E-state index contributed by atoms with van der Waals surface area (Å²) in [4.78, 5) is 0. The maximum Gasteiger partial charge on any atom is 0.172 e. The fourth-order valence-electron chi connectivity index (χ4n) is 2.11. The van der Waals surface area contributed by atoms with Crippen LogP contribution >= 0.6 is 0 Å². The lowest BCUT2D eigenvalue weighted by atomic mass is 10.0. The van der Waals surface area contributed by atoms with Gasteiger partial charge in [0.1, 0.15) is 6.54 Å². The molecule has 1 rings (SSSR count). The molecule has 0 aromatic carbocycles. The number of unbranched alkanes of at least 4 members (excludes halogenated alkanes) is 1. The topological polar surface area (TPSA) is 3.88 Å². The van der Waals surface area contributed by atoms with E-state index in [2.05, 4.69) is 43.8 Å². The summed E-state index contributed by atoms with van der Waals surface area (Å²) < 4.78 is 2.35. The minimum atomic E-state index is 1.17. The minimum absolute atomic E-state index is 1.17. The third-order valence-corrected chi connectivity index (χ3v) is 3.01. The summed E-state index contributed by atoms with van der Waals surface area (Å²) in [6.07, 6.45) is 12.1. The first-order valence-electron chi connectivity index (χ1n) is 6.82. The van der Waals surface area contributed by atoms with E-state index in [0.717, 1.165) is 0 Å². The molecule has 0 radical (unpaired) electrons. The van der Waals surface area contributed by atoms with Crippen molar-refractivity contribution in [1.82, 2.24) is 0 Å². The highest BCUT2D eigenvalue weighted by molar-refractivity contribution is 5.21. The van der Waals surface area contributed by atoms with Gasteiger partial charge in [0.25, 0.3) is 0 Å². The molecule has 0 saturated carbocycles. The summed E-state index contributed by atoms with van der Waals surface area (Å²) in [5.74, 6) is 0. The van der Waals surface area contributed by atoms with E-state index in [0.29, 0.717) is 0 Å². The first-order valence-corrected chi connectivity index (χ1v) is 6.82. The van der Waals surface area contributed by atoms with Gasteiger partial charge in [-0.25, -0.2) is 4.57 Å². The smallest absolute Gasteiger partial charge is 0.172 e. The van der Waals surface area contributed by atoms with E-state index in [9.17, 15) is 0 Å². The maximum atomic E-state index is 2.37. The number of pyridine rings is 1. The van der Waals surface area contributed by atoms with Gasteiger partial charge in [0.2, 0.25) is 0 Å². The standard InChI is InChI=1S/C15H26N/c1-4-7-11-16-12-10-14(8-5-2)15(13-16)9-6-3/h10,12-13H,4-9,11H2,1-3H3/q+1. The monoisotopic (exact) mass is 220 g/mol. The van der Waals surface area contributed by atoms with Crippen LogP contribution in [-0.2, 0) is 19.4 Å². The van der Waals surface area contributed by atoms with Crippen molar-refractivity contribution in [2.24, 2.45) is 0 Å². The molecule has 0 aliphatic rings. The Bertz CT molecular complexity index is 304. The van der Waals surface area contributed by atoms with Gasteiger partial charge in [-0.15, -0.1) is 0 Å². The van der Waals surface area contributed by atoms with E-state index in [4.69, 9.17) is 0 Å². The lowest BCUT2D eigenvalue weighted by molar-refractivity contribution is -0.697. The third-order valence-electron chi connectivity index (χ3n) is 3.01. The molecule has 0 N–H and O–H groups in total. The Morgan fingerprint density at radius 2 is 1.62 bits per heavy atom. The highest BCUT2D eigenvalue weighted by atomic mass is 14.9. The summed E-state index contributed by atoms with van der Waals surface area (Å²) in [6.45, 7) is 7.94. The first-order chi connectivity index (χ1) is 7.81. The van der Waals surface area contributed by atoms with Gasteiger partial charge in [0.05, 0.1) is 0 Å². The first kappa shape index (κ1) is 13.2. The number of hydrogen-bond donors (Lipinski definition) is 0. The molecule has 0 amide bonds. The average Bonchev–Trinajstić information content (AvgIpc) is 2.30. The quantitative estimate of drug-likeness (QED) is 0.617. The summed E-state index contributed by atoms with van der Waals surface area (Å²) in [7, 11) is 0. The van der Waals surface area contributed by atoms with Crippen molar-refractivity contribution in [2.45, 2.75) is 65.8 Å². The van der Waals surface area contributed by atoms with Crippen molar-refractivity contribution in [3.05, 3.63) is 29.6 Å². The van der Waals surface area contributed by atoms with Crippen LogP contribution in [0.3, 0.4) is 0 Å². The molecule has 1 heterocycles. The highest BCUT2D eigenvalue weighted by Crippen LogP contribution is 2.11. The molecule has 0 saturated heterocycles. The predicted molar refractivity (Wildman–Crippen MR) is 69.5 cm³/mol. The van der Waals surface area contributed by atoms with Crippen molar-refractivity contribution in [2.75, 3.05) is 0 Å². The predicted octanol–water partition coefficient (Wildman–Crippen LogP) is 3.68. The molecule has 1 heteroatoms. The molecule has 1 nitrogen and oxygen atoms in total. The SMILES string of the molecule is CCCC[n+]1ccc(CCC)c(CCC)c1. The Hall–Kier alpha value is -0.850. The van der Waals surface area contributed by atoms with Crippen LogP contribution in [0, 0.1) is 0 Å². The second-order valence-electron chi connectivity index (χ2n) is 4.59. The van der Waals surface area contributed by atoms with Gasteiger partial charge >= 0.3 is 0 Å². The van der Waals surface area contributed by atoms with Crippen molar-refractivity contribution in [3.8, 4) is 0 Å². The van der Waals surface area contributed by atoms with E-state index >= 15 is 0 Å². The fraction of sp³-hybridized carbons (Fsp3) is 0.667. The van der Waals surface area contributed by atoms with Gasteiger partial charge < -0.3 is 0 Å². The molecule has 16 heavy (non-hydrogen) atoms. The molecule has 0 aliphatic heterocycles. The number of aryl methyl sites for hydroxylation is 3. The number of hydrogen-bond acceptors (Lipinski definition) is 0. The lowest BCUT2D eigenvalue weighted by Crippen LogP contribution is -2.33. The van der Waals surface area contributed by atoms with Gasteiger partial charge in [0.15, 0.2) is 12.4 Å². The van der Waals surface area contributed by atoms with Crippen LogP contribution in [0.4, 0.5) is 0 Å². The van der Waals surface area contributed by atoms with E-state index < -0.39 is 0 Å². The van der Waals surface area contributed by atoms with Gasteiger partial charge in [-0.3, -0.25) is 0 Å². The van der Waals surface area contributed by atoms with Gasteiger partial charge in [-0.2, -0.15) is 0 Å². The fourth-order valence-corrected chi connectivity index (χ4v) is 2.11. The van der Waals surface area contributed by atoms with E-state index in [1.165, 1.54) is 45.1 Å². The molecule has 0 unspecified atom stereocenters. The second kappa shape index (κ2) is 7.43. The zero-order chi connectivity index (χ0) is 11.8. The van der Waals surface area contributed by atoms with Crippen LogP contribution in [0.2, 0.25) is 0 Å². The molecule has 1 aromatic heterocycles. The van der Waals surface area contributed by atoms with Crippen LogP contribution < -0.4 is 4.57 Å². The summed E-state index contributed by atoms with van der Waals surface area (Å²) in [5.41, 5.74) is 3.11. The molecular weight excluding hydrogens is 194 g/mol. The molecule has 0 fully saturated rings. The summed E-state index contributed by atoms with van der Waals surface area (Å²) in [5, 5.41) is 0. The van der Waals surface area contributed by atoms with E-state index in [1.807, 2.05) is 0 Å². The van der Waals surface area contributed by atoms with Crippen LogP contribution in [0.15, 0.2) is 18.5 Å². The van der Waals surface area contributed by atoms with Crippen molar-refractivity contribution >= 4 is 0 Å². The zero-order valence-corrected chi connectivity index (χ0v) is 11.1. The van der Waals surface area contributed by atoms with Crippen molar-refractivity contribution in [1.29, 1.82) is 0 Å². The molecule has 0 atom stereocenters.